The number of piperidine rings is 1. The number of nitrogens with zero attached hydrogens (tertiary/aromatic N) is 3. The van der Waals surface area contributed by atoms with Crippen molar-refractivity contribution in [2.45, 2.75) is 66.0 Å². The van der Waals surface area contributed by atoms with E-state index in [1.165, 1.54) is 37.1 Å². The lowest BCUT2D eigenvalue weighted by Crippen LogP contribution is -2.43. The summed E-state index contributed by atoms with van der Waals surface area (Å²) in [6.45, 7) is 14.2. The zero-order valence-electron chi connectivity index (χ0n) is 17.9. The molecule has 2 heterocycles. The normalized spacial score (nSPS) is 19.3. The van der Waals surface area contributed by atoms with Crippen LogP contribution in [-0.4, -0.2) is 60.6 Å². The Kier molecular flexibility index (Phi) is 9.18. The molecule has 1 aromatic heterocycles. The number of aromatic nitrogens is 1. The molecule has 2 rings (SSSR count). The molecule has 1 fully saturated rings. The summed E-state index contributed by atoms with van der Waals surface area (Å²) in [4.78, 5) is 24.5. The van der Waals surface area contributed by atoms with E-state index >= 15 is 0 Å². The van der Waals surface area contributed by atoms with Gasteiger partial charge in [-0.25, -0.2) is 9.78 Å². The third kappa shape index (κ3) is 6.17. The Balaban J connectivity index is 2.04. The molecule has 1 saturated heterocycles. The number of rotatable bonds is 8. The van der Waals surface area contributed by atoms with Crippen LogP contribution in [0.1, 0.15) is 73.4 Å². The van der Waals surface area contributed by atoms with E-state index < -0.39 is 0 Å². The SMILES string of the molecule is CCNC(=NCC1CCCCN1CC)NC(C)c1nc(C)c(C(=O)OCC)s1. The molecule has 0 spiro atoms. The van der Waals surface area contributed by atoms with E-state index in [1.54, 1.807) is 0 Å². The average Bonchev–Trinajstić information content (AvgIpc) is 3.08. The molecule has 0 bridgehead atoms. The Hall–Kier alpha value is -1.67. The lowest BCUT2D eigenvalue weighted by Gasteiger charge is -2.34. The molecule has 2 N–H and O–H groups in total. The van der Waals surface area contributed by atoms with Gasteiger partial charge in [0.1, 0.15) is 9.88 Å². The molecule has 28 heavy (non-hydrogen) atoms. The molecular weight excluding hydrogens is 374 g/mol. The third-order valence-corrected chi connectivity index (χ3v) is 6.28. The molecule has 7 nitrogen and oxygen atoms in total. The van der Waals surface area contributed by atoms with Crippen LogP contribution in [-0.2, 0) is 4.74 Å². The number of hydrogen-bond donors (Lipinski definition) is 2. The third-order valence-electron chi connectivity index (χ3n) is 4.96. The summed E-state index contributed by atoms with van der Waals surface area (Å²) in [6.07, 6.45) is 3.78. The topological polar surface area (TPSA) is 78.9 Å². The van der Waals surface area contributed by atoms with E-state index in [-0.39, 0.29) is 12.0 Å². The largest absolute Gasteiger partial charge is 0.462 e. The van der Waals surface area contributed by atoms with Crippen LogP contribution in [0.2, 0.25) is 0 Å². The Morgan fingerprint density at radius 2 is 2.18 bits per heavy atom. The van der Waals surface area contributed by atoms with Crippen LogP contribution < -0.4 is 10.6 Å². The van der Waals surface area contributed by atoms with E-state index in [0.29, 0.717) is 17.5 Å². The Labute approximate surface area is 173 Å². The number of likely N-dealkylation sites (N-methyl/N-ethyl adjacent to an activating group) is 1. The maximum Gasteiger partial charge on any atom is 0.350 e. The number of carbonyl (C=O) groups excluding carboxylic acids is 1. The number of aryl methyl sites for hydroxylation is 1. The number of hydrogen-bond acceptors (Lipinski definition) is 6. The van der Waals surface area contributed by atoms with Crippen molar-refractivity contribution in [3.63, 3.8) is 0 Å². The lowest BCUT2D eigenvalue weighted by atomic mass is 10.0. The second-order valence-corrected chi connectivity index (χ2v) is 8.08. The molecule has 8 heteroatoms. The van der Waals surface area contributed by atoms with Gasteiger partial charge in [-0.05, 0) is 53.6 Å². The molecule has 0 aromatic carbocycles. The molecule has 1 aromatic rings. The minimum atomic E-state index is -0.298. The lowest BCUT2D eigenvalue weighted by molar-refractivity contribution is 0.0531. The standard InChI is InChI=1S/C20H35N5O2S/c1-6-21-20(22-13-16-11-9-10-12-25(16)7-2)24-15(5)18-23-14(4)17(28-18)19(26)27-8-3/h15-16H,6-13H2,1-5H3,(H2,21,22,24). The van der Waals surface area contributed by atoms with Gasteiger partial charge in [0.2, 0.25) is 0 Å². The smallest absolute Gasteiger partial charge is 0.350 e. The highest BCUT2D eigenvalue weighted by Gasteiger charge is 2.22. The van der Waals surface area contributed by atoms with E-state index in [1.807, 2.05) is 20.8 Å². The van der Waals surface area contributed by atoms with Crippen molar-refractivity contribution in [1.29, 1.82) is 0 Å². The predicted octanol–water partition coefficient (Wildman–Crippen LogP) is 3.12. The molecule has 1 aliphatic heterocycles. The van der Waals surface area contributed by atoms with Crippen LogP contribution in [0.4, 0.5) is 0 Å². The van der Waals surface area contributed by atoms with Crippen LogP contribution >= 0.6 is 11.3 Å². The minimum Gasteiger partial charge on any atom is -0.462 e. The van der Waals surface area contributed by atoms with Crippen LogP contribution in [0, 0.1) is 6.92 Å². The highest BCUT2D eigenvalue weighted by Crippen LogP contribution is 2.24. The fraction of sp³-hybridized carbons (Fsp3) is 0.750. The maximum atomic E-state index is 12.0. The number of aliphatic imine (C=N–C) groups is 1. The molecule has 0 radical (unpaired) electrons. The molecule has 2 atom stereocenters. The number of thiazole rings is 1. The number of ether oxygens (including phenoxy) is 1. The van der Waals surface area contributed by atoms with Crippen LogP contribution in [0.15, 0.2) is 4.99 Å². The summed E-state index contributed by atoms with van der Waals surface area (Å²) >= 11 is 1.39. The molecule has 0 aliphatic carbocycles. The summed E-state index contributed by atoms with van der Waals surface area (Å²) in [5.74, 6) is 0.496. The van der Waals surface area contributed by atoms with E-state index in [0.717, 1.165) is 36.3 Å². The maximum absolute atomic E-state index is 12.0. The van der Waals surface area contributed by atoms with Gasteiger partial charge < -0.3 is 15.4 Å². The van der Waals surface area contributed by atoms with Gasteiger partial charge in [0.25, 0.3) is 0 Å². The molecule has 2 unspecified atom stereocenters. The van der Waals surface area contributed by atoms with Crippen molar-refractivity contribution in [1.82, 2.24) is 20.5 Å². The first-order valence-corrected chi connectivity index (χ1v) is 11.2. The zero-order valence-corrected chi connectivity index (χ0v) is 18.7. The Morgan fingerprint density at radius 3 is 2.86 bits per heavy atom. The highest BCUT2D eigenvalue weighted by molar-refractivity contribution is 7.13. The Morgan fingerprint density at radius 1 is 1.39 bits per heavy atom. The van der Waals surface area contributed by atoms with Crippen molar-refractivity contribution in [2.24, 2.45) is 4.99 Å². The van der Waals surface area contributed by atoms with Crippen molar-refractivity contribution in [3.05, 3.63) is 15.6 Å². The summed E-state index contributed by atoms with van der Waals surface area (Å²) in [5.41, 5.74) is 0.717. The van der Waals surface area contributed by atoms with Crippen molar-refractivity contribution in [3.8, 4) is 0 Å². The molecule has 1 aliphatic rings. The second-order valence-electron chi connectivity index (χ2n) is 7.05. The first kappa shape index (κ1) is 22.6. The summed E-state index contributed by atoms with van der Waals surface area (Å²) in [5, 5.41) is 7.62. The van der Waals surface area contributed by atoms with Gasteiger partial charge in [-0.15, -0.1) is 11.3 Å². The number of esters is 1. The van der Waals surface area contributed by atoms with Gasteiger partial charge in [-0.1, -0.05) is 13.3 Å². The van der Waals surface area contributed by atoms with Crippen molar-refractivity contribution >= 4 is 23.3 Å². The van der Waals surface area contributed by atoms with Crippen LogP contribution in [0.25, 0.3) is 0 Å². The summed E-state index contributed by atoms with van der Waals surface area (Å²) in [6, 6.07) is 0.473. The second kappa shape index (κ2) is 11.4. The fourth-order valence-corrected chi connectivity index (χ4v) is 4.42. The monoisotopic (exact) mass is 409 g/mol. The van der Waals surface area contributed by atoms with Gasteiger partial charge >= 0.3 is 5.97 Å². The van der Waals surface area contributed by atoms with Gasteiger partial charge in [-0.3, -0.25) is 9.89 Å². The van der Waals surface area contributed by atoms with Gasteiger partial charge in [0.15, 0.2) is 5.96 Å². The van der Waals surface area contributed by atoms with E-state index in [2.05, 4.69) is 34.4 Å². The zero-order chi connectivity index (χ0) is 20.5. The Bertz CT molecular complexity index is 661. The highest BCUT2D eigenvalue weighted by atomic mass is 32.1. The quantitative estimate of drug-likeness (QED) is 0.390. The van der Waals surface area contributed by atoms with Crippen LogP contribution in [0.5, 0.6) is 0 Å². The van der Waals surface area contributed by atoms with Gasteiger partial charge in [0.05, 0.1) is 24.9 Å². The number of carbonyl (C=O) groups is 1. The number of nitrogens with one attached hydrogen (secondary N) is 2. The van der Waals surface area contributed by atoms with Gasteiger partial charge in [-0.2, -0.15) is 0 Å². The van der Waals surface area contributed by atoms with E-state index in [4.69, 9.17) is 9.73 Å². The summed E-state index contributed by atoms with van der Waals surface area (Å²) < 4.78 is 5.12. The predicted molar refractivity (Wildman–Crippen MR) is 115 cm³/mol. The molecule has 0 saturated carbocycles. The average molecular weight is 410 g/mol. The number of guanidine groups is 1. The van der Waals surface area contributed by atoms with E-state index in [9.17, 15) is 4.79 Å². The van der Waals surface area contributed by atoms with Crippen LogP contribution in [0.3, 0.4) is 0 Å². The fourth-order valence-electron chi connectivity index (χ4n) is 3.46. The first-order chi connectivity index (χ1) is 13.5. The summed E-state index contributed by atoms with van der Waals surface area (Å²) in [7, 11) is 0. The molecule has 158 valence electrons. The number of likely N-dealkylation sites (tertiary alicyclic amines) is 1. The minimum absolute atomic E-state index is 0.0432. The van der Waals surface area contributed by atoms with Crippen molar-refractivity contribution in [2.75, 3.05) is 32.8 Å². The molecule has 0 amide bonds. The van der Waals surface area contributed by atoms with Crippen molar-refractivity contribution < 1.29 is 9.53 Å². The van der Waals surface area contributed by atoms with Gasteiger partial charge in [0, 0.05) is 12.6 Å². The first-order valence-electron chi connectivity index (χ1n) is 10.4. The molecular formula is C20H35N5O2S.